The molecule has 0 bridgehead atoms. The number of amides is 1. The number of nitrogens with one attached hydrogen (secondary N) is 1. The number of carbonyl (C=O) groups excluding carboxylic acids is 1. The van der Waals surface area contributed by atoms with Gasteiger partial charge in [0.15, 0.2) is 0 Å². The van der Waals surface area contributed by atoms with Gasteiger partial charge < -0.3 is 19.4 Å². The summed E-state index contributed by atoms with van der Waals surface area (Å²) in [7, 11) is 0. The van der Waals surface area contributed by atoms with Gasteiger partial charge in [-0.15, -0.1) is 0 Å². The van der Waals surface area contributed by atoms with Crippen LogP contribution < -0.4 is 10.1 Å². The third kappa shape index (κ3) is 6.36. The number of aryl methyl sites for hydroxylation is 1. The van der Waals surface area contributed by atoms with Crippen molar-refractivity contribution in [3.8, 4) is 5.75 Å². The second-order valence-corrected chi connectivity index (χ2v) is 7.60. The van der Waals surface area contributed by atoms with Crippen LogP contribution in [-0.4, -0.2) is 43.1 Å². The molecule has 0 saturated heterocycles. The Morgan fingerprint density at radius 1 is 1.28 bits per heavy atom. The molecule has 1 N–H and O–H groups in total. The molecule has 5 nitrogen and oxygen atoms in total. The molecule has 0 radical (unpaired) electrons. The van der Waals surface area contributed by atoms with Crippen LogP contribution in [0, 0.1) is 6.92 Å². The van der Waals surface area contributed by atoms with Crippen LogP contribution in [-0.2, 0) is 4.79 Å². The molecule has 1 unspecified atom stereocenters. The molecule has 0 aliphatic heterocycles. The minimum absolute atomic E-state index is 0.0655. The fraction of sp³-hybridized carbons (Fsp3) is 0.542. The van der Waals surface area contributed by atoms with Crippen LogP contribution in [0.4, 0.5) is 0 Å². The van der Waals surface area contributed by atoms with Crippen molar-refractivity contribution in [3.05, 3.63) is 35.6 Å². The molecule has 1 atom stereocenters. The first-order valence-electron chi connectivity index (χ1n) is 10.8. The molecule has 1 aromatic carbocycles. The molecule has 5 heteroatoms. The predicted octanol–water partition coefficient (Wildman–Crippen LogP) is 5.17. The monoisotopic (exact) mass is 400 g/mol. The van der Waals surface area contributed by atoms with Gasteiger partial charge in [0.2, 0.25) is 5.91 Å². The van der Waals surface area contributed by atoms with Gasteiger partial charge in [-0.3, -0.25) is 4.79 Å². The number of carbonyl (C=O) groups is 1. The van der Waals surface area contributed by atoms with E-state index in [0.717, 1.165) is 65.9 Å². The maximum Gasteiger partial charge on any atom is 0.244 e. The van der Waals surface area contributed by atoms with Gasteiger partial charge in [0, 0.05) is 29.1 Å². The standard InChI is InChI=1S/C24H36N2O3/c1-7-26(8-2)12-10-11-19(6)25-24(27)13-17(4)20-14-21-18(5)16-29-23(21)15-22(20)28-9-3/h13-16,19H,7-12H2,1-6H3,(H,25,27)/b17-13+. The maximum atomic E-state index is 12.5. The van der Waals surface area contributed by atoms with E-state index in [1.807, 2.05) is 32.9 Å². The van der Waals surface area contributed by atoms with E-state index in [1.165, 1.54) is 0 Å². The molecule has 0 aliphatic rings. The summed E-state index contributed by atoms with van der Waals surface area (Å²) >= 11 is 0. The quantitative estimate of drug-likeness (QED) is 0.529. The molecule has 0 saturated carbocycles. The first-order chi connectivity index (χ1) is 13.9. The number of ether oxygens (including phenoxy) is 1. The van der Waals surface area contributed by atoms with E-state index < -0.39 is 0 Å². The third-order valence-electron chi connectivity index (χ3n) is 5.34. The van der Waals surface area contributed by atoms with E-state index in [1.54, 1.807) is 12.3 Å². The summed E-state index contributed by atoms with van der Waals surface area (Å²) in [5.41, 5.74) is 3.68. The summed E-state index contributed by atoms with van der Waals surface area (Å²) in [5.74, 6) is 0.674. The van der Waals surface area contributed by atoms with E-state index in [2.05, 4.69) is 31.0 Å². The summed E-state index contributed by atoms with van der Waals surface area (Å²) in [6.45, 7) is 16.1. The Morgan fingerprint density at radius 3 is 2.66 bits per heavy atom. The van der Waals surface area contributed by atoms with E-state index in [4.69, 9.17) is 9.15 Å². The molecule has 160 valence electrons. The van der Waals surface area contributed by atoms with Crippen molar-refractivity contribution in [2.24, 2.45) is 0 Å². The van der Waals surface area contributed by atoms with E-state index in [-0.39, 0.29) is 11.9 Å². The van der Waals surface area contributed by atoms with Crippen LogP contribution in [0.15, 0.2) is 28.9 Å². The Balaban J connectivity index is 2.06. The minimum Gasteiger partial charge on any atom is -0.493 e. The lowest BCUT2D eigenvalue weighted by Crippen LogP contribution is -2.32. The number of nitrogens with zero attached hydrogens (tertiary/aromatic N) is 1. The molecular weight excluding hydrogens is 364 g/mol. The average Bonchev–Trinajstić information content (AvgIpc) is 3.04. The van der Waals surface area contributed by atoms with Crippen molar-refractivity contribution in [2.45, 2.75) is 60.4 Å². The molecule has 2 rings (SSSR count). The number of allylic oxidation sites excluding steroid dienone is 1. The summed E-state index contributed by atoms with van der Waals surface area (Å²) in [6.07, 6.45) is 5.46. The minimum atomic E-state index is -0.0655. The average molecular weight is 401 g/mol. The zero-order chi connectivity index (χ0) is 21.4. The van der Waals surface area contributed by atoms with Gasteiger partial charge in [0.25, 0.3) is 0 Å². The Labute approximate surface area is 175 Å². The summed E-state index contributed by atoms with van der Waals surface area (Å²) in [6, 6.07) is 4.10. The summed E-state index contributed by atoms with van der Waals surface area (Å²) in [5, 5.41) is 4.14. The number of hydrogen-bond acceptors (Lipinski definition) is 4. The smallest absolute Gasteiger partial charge is 0.244 e. The van der Waals surface area contributed by atoms with Crippen LogP contribution in [0.5, 0.6) is 5.75 Å². The Kier molecular flexibility index (Phi) is 8.77. The molecule has 1 aromatic heterocycles. The lowest BCUT2D eigenvalue weighted by Gasteiger charge is -2.19. The highest BCUT2D eigenvalue weighted by atomic mass is 16.5. The largest absolute Gasteiger partial charge is 0.493 e. The van der Waals surface area contributed by atoms with E-state index in [9.17, 15) is 4.79 Å². The highest BCUT2D eigenvalue weighted by Gasteiger charge is 2.13. The Hall–Kier alpha value is -2.27. The van der Waals surface area contributed by atoms with E-state index >= 15 is 0 Å². The van der Waals surface area contributed by atoms with Crippen molar-refractivity contribution in [1.29, 1.82) is 0 Å². The van der Waals surface area contributed by atoms with Gasteiger partial charge in [-0.1, -0.05) is 13.8 Å². The Bertz CT molecular complexity index is 834. The van der Waals surface area contributed by atoms with Crippen LogP contribution in [0.25, 0.3) is 16.5 Å². The van der Waals surface area contributed by atoms with Crippen LogP contribution in [0.2, 0.25) is 0 Å². The van der Waals surface area contributed by atoms with Gasteiger partial charge in [-0.05, 0) is 77.4 Å². The van der Waals surface area contributed by atoms with Crippen LogP contribution in [0.1, 0.15) is 58.6 Å². The van der Waals surface area contributed by atoms with Gasteiger partial charge in [-0.2, -0.15) is 0 Å². The van der Waals surface area contributed by atoms with E-state index in [0.29, 0.717) is 6.61 Å². The third-order valence-corrected chi connectivity index (χ3v) is 5.34. The zero-order valence-corrected chi connectivity index (χ0v) is 18.8. The molecule has 1 heterocycles. The van der Waals surface area contributed by atoms with Crippen molar-refractivity contribution < 1.29 is 13.9 Å². The highest BCUT2D eigenvalue weighted by molar-refractivity contribution is 5.97. The van der Waals surface area contributed by atoms with Crippen LogP contribution in [0.3, 0.4) is 0 Å². The summed E-state index contributed by atoms with van der Waals surface area (Å²) < 4.78 is 11.4. The van der Waals surface area contributed by atoms with Crippen LogP contribution >= 0.6 is 0 Å². The van der Waals surface area contributed by atoms with Crippen molar-refractivity contribution in [2.75, 3.05) is 26.2 Å². The van der Waals surface area contributed by atoms with Gasteiger partial charge in [-0.25, -0.2) is 0 Å². The zero-order valence-electron chi connectivity index (χ0n) is 18.8. The maximum absolute atomic E-state index is 12.5. The lowest BCUT2D eigenvalue weighted by atomic mass is 10.0. The molecule has 0 spiro atoms. The molecule has 2 aromatic rings. The first-order valence-corrected chi connectivity index (χ1v) is 10.8. The van der Waals surface area contributed by atoms with Gasteiger partial charge in [0.1, 0.15) is 11.3 Å². The fourth-order valence-electron chi connectivity index (χ4n) is 3.56. The lowest BCUT2D eigenvalue weighted by molar-refractivity contribution is -0.117. The number of fused-ring (bicyclic) bond motifs is 1. The highest BCUT2D eigenvalue weighted by Crippen LogP contribution is 2.33. The molecule has 0 fully saturated rings. The number of furan rings is 1. The molecule has 1 amide bonds. The fourth-order valence-corrected chi connectivity index (χ4v) is 3.56. The second-order valence-electron chi connectivity index (χ2n) is 7.60. The normalized spacial score (nSPS) is 13.1. The molecule has 0 aliphatic carbocycles. The topological polar surface area (TPSA) is 54.7 Å². The summed E-state index contributed by atoms with van der Waals surface area (Å²) in [4.78, 5) is 14.9. The predicted molar refractivity (Wildman–Crippen MR) is 120 cm³/mol. The van der Waals surface area contributed by atoms with Crippen molar-refractivity contribution in [3.63, 3.8) is 0 Å². The first kappa shape index (κ1) is 23.0. The Morgan fingerprint density at radius 2 is 2.00 bits per heavy atom. The van der Waals surface area contributed by atoms with Crippen molar-refractivity contribution >= 4 is 22.4 Å². The van der Waals surface area contributed by atoms with Gasteiger partial charge in [0.05, 0.1) is 12.9 Å². The second kappa shape index (κ2) is 11.1. The van der Waals surface area contributed by atoms with Crippen molar-refractivity contribution in [1.82, 2.24) is 10.2 Å². The number of hydrogen-bond donors (Lipinski definition) is 1. The van der Waals surface area contributed by atoms with Gasteiger partial charge >= 0.3 is 0 Å². The SMILES string of the molecule is CCOc1cc2occ(C)c2cc1/C(C)=C/C(=O)NC(C)CCCN(CC)CC. The molecule has 29 heavy (non-hydrogen) atoms. The number of rotatable bonds is 11. The molecular formula is C24H36N2O3. The number of benzene rings is 1.